The van der Waals surface area contributed by atoms with Crippen LogP contribution in [0.5, 0.6) is 28.7 Å². The number of hydrogen-bond donors (Lipinski definition) is 6. The Bertz CT molecular complexity index is 1230. The van der Waals surface area contributed by atoms with Gasteiger partial charge in [0.2, 0.25) is 23.2 Å². The van der Waals surface area contributed by atoms with Gasteiger partial charge in [-0.2, -0.15) is 0 Å². The Labute approximate surface area is 186 Å². The number of hydrogen-bond acceptors (Lipinski definition) is 11. The summed E-state index contributed by atoms with van der Waals surface area (Å²) in [5.41, 5.74) is -0.723. The predicted molar refractivity (Wildman–Crippen MR) is 112 cm³/mol. The fourth-order valence-corrected chi connectivity index (χ4v) is 3.61. The summed E-state index contributed by atoms with van der Waals surface area (Å²) in [6.07, 6.45) is -6.21. The minimum atomic E-state index is -1.49. The normalized spacial score (nSPS) is 25.2. The van der Waals surface area contributed by atoms with E-state index in [0.717, 1.165) is 6.07 Å². The van der Waals surface area contributed by atoms with Gasteiger partial charge in [-0.15, -0.1) is 0 Å². The van der Waals surface area contributed by atoms with Crippen LogP contribution in [0.25, 0.3) is 22.3 Å². The van der Waals surface area contributed by atoms with Crippen molar-refractivity contribution < 1.29 is 49.3 Å². The molecule has 0 radical (unpaired) electrons. The summed E-state index contributed by atoms with van der Waals surface area (Å²) in [5, 5.41) is 59.7. The van der Waals surface area contributed by atoms with Gasteiger partial charge in [0.05, 0.1) is 13.2 Å². The molecule has 5 atom stereocenters. The van der Waals surface area contributed by atoms with Gasteiger partial charge in [-0.3, -0.25) is 4.79 Å². The molecule has 1 aromatic heterocycles. The first kappa shape index (κ1) is 22.7. The lowest BCUT2D eigenvalue weighted by Crippen LogP contribution is -2.58. The van der Waals surface area contributed by atoms with Gasteiger partial charge >= 0.3 is 0 Å². The molecule has 11 heteroatoms. The van der Waals surface area contributed by atoms with Crippen molar-refractivity contribution in [2.24, 2.45) is 0 Å². The molecule has 0 unspecified atom stereocenters. The zero-order chi connectivity index (χ0) is 24.0. The first-order valence-electron chi connectivity index (χ1n) is 9.89. The van der Waals surface area contributed by atoms with Gasteiger partial charge in [-0.05, 0) is 31.2 Å². The largest absolute Gasteiger partial charge is 0.504 e. The van der Waals surface area contributed by atoms with E-state index >= 15 is 0 Å². The van der Waals surface area contributed by atoms with E-state index in [1.165, 1.54) is 38.3 Å². The summed E-state index contributed by atoms with van der Waals surface area (Å²) in [6.45, 7) is 1.52. The third-order valence-electron chi connectivity index (χ3n) is 5.45. The van der Waals surface area contributed by atoms with E-state index in [1.54, 1.807) is 0 Å². The van der Waals surface area contributed by atoms with Gasteiger partial charge in [0.25, 0.3) is 0 Å². The van der Waals surface area contributed by atoms with Crippen molar-refractivity contribution >= 4 is 11.0 Å². The summed E-state index contributed by atoms with van der Waals surface area (Å²) in [7, 11) is 1.18. The quantitative estimate of drug-likeness (QED) is 0.302. The minimum Gasteiger partial charge on any atom is -0.504 e. The summed E-state index contributed by atoms with van der Waals surface area (Å²) in [4.78, 5) is 12.7. The molecule has 11 nitrogen and oxygen atoms in total. The third kappa shape index (κ3) is 3.80. The van der Waals surface area contributed by atoms with Crippen LogP contribution in [0.1, 0.15) is 6.92 Å². The lowest BCUT2D eigenvalue weighted by molar-refractivity contribution is -0.268. The van der Waals surface area contributed by atoms with E-state index in [4.69, 9.17) is 18.6 Å². The molecular formula is C22H22O11. The van der Waals surface area contributed by atoms with Crippen LogP contribution >= 0.6 is 0 Å². The molecule has 1 aliphatic heterocycles. The average molecular weight is 462 g/mol. The molecule has 0 saturated carbocycles. The van der Waals surface area contributed by atoms with Crippen molar-refractivity contribution in [3.8, 4) is 40.1 Å². The van der Waals surface area contributed by atoms with Crippen LogP contribution < -0.4 is 14.9 Å². The molecule has 0 aliphatic carbocycles. The number of methoxy groups -OCH3 is 1. The van der Waals surface area contributed by atoms with Crippen LogP contribution in [0.2, 0.25) is 0 Å². The van der Waals surface area contributed by atoms with Gasteiger partial charge in [-0.1, -0.05) is 0 Å². The van der Waals surface area contributed by atoms with Gasteiger partial charge in [0.15, 0.2) is 17.3 Å². The molecule has 0 amide bonds. The molecule has 1 fully saturated rings. The Balaban J connectivity index is 1.67. The van der Waals surface area contributed by atoms with Crippen LogP contribution in [0.4, 0.5) is 0 Å². The highest BCUT2D eigenvalue weighted by molar-refractivity contribution is 5.91. The molecule has 2 aromatic carbocycles. The first-order valence-corrected chi connectivity index (χ1v) is 9.89. The van der Waals surface area contributed by atoms with E-state index < -0.39 is 53.4 Å². The number of aliphatic hydroxyl groups is 3. The molecule has 3 aromatic rings. The number of benzene rings is 2. The number of aromatic hydroxyl groups is 3. The summed E-state index contributed by atoms with van der Waals surface area (Å²) >= 11 is 0. The molecule has 0 bridgehead atoms. The zero-order valence-corrected chi connectivity index (χ0v) is 17.5. The van der Waals surface area contributed by atoms with E-state index in [-0.39, 0.29) is 33.8 Å². The van der Waals surface area contributed by atoms with Gasteiger partial charge in [0.1, 0.15) is 35.0 Å². The van der Waals surface area contributed by atoms with Gasteiger partial charge in [0, 0.05) is 11.6 Å². The van der Waals surface area contributed by atoms with Gasteiger partial charge < -0.3 is 49.3 Å². The highest BCUT2D eigenvalue weighted by Crippen LogP contribution is 2.43. The van der Waals surface area contributed by atoms with Crippen molar-refractivity contribution in [3.63, 3.8) is 0 Å². The summed E-state index contributed by atoms with van der Waals surface area (Å²) in [6, 6.07) is 6.84. The number of phenolic OH excluding ortho intramolecular Hbond substituents is 2. The van der Waals surface area contributed by atoms with E-state index in [9.17, 15) is 35.4 Å². The van der Waals surface area contributed by atoms with Crippen LogP contribution in [-0.2, 0) is 4.74 Å². The van der Waals surface area contributed by atoms with Crippen LogP contribution in [0.3, 0.4) is 0 Å². The molecule has 0 spiro atoms. The topological polar surface area (TPSA) is 179 Å². The number of fused-ring (bicyclic) bond motifs is 1. The van der Waals surface area contributed by atoms with Crippen LogP contribution in [0, 0.1) is 0 Å². The molecular weight excluding hydrogens is 440 g/mol. The van der Waals surface area contributed by atoms with E-state index in [1.807, 2.05) is 0 Å². The second kappa shape index (κ2) is 8.45. The Morgan fingerprint density at radius 2 is 1.61 bits per heavy atom. The van der Waals surface area contributed by atoms with Crippen molar-refractivity contribution in [3.05, 3.63) is 40.6 Å². The maximum absolute atomic E-state index is 12.7. The fourth-order valence-electron chi connectivity index (χ4n) is 3.61. The van der Waals surface area contributed by atoms with Crippen molar-refractivity contribution in [1.29, 1.82) is 0 Å². The minimum absolute atomic E-state index is 0.125. The lowest BCUT2D eigenvalue weighted by Gasteiger charge is -2.38. The van der Waals surface area contributed by atoms with Gasteiger partial charge in [-0.25, -0.2) is 0 Å². The smallest absolute Gasteiger partial charge is 0.238 e. The molecule has 4 rings (SSSR count). The standard InChI is InChI=1S/C22H22O11/c1-8-14(24)17(27)19(29)22(31-8)32-10-5-3-9(4-6-10)20-18(28)16(26)13-12(33-20)7-11(23)15(25)21(13)30-2/h3-8,14,17,19,22-25,27-29H,1-2H3/t8-,14-,17+,19-,22-/m0/s1. The zero-order valence-electron chi connectivity index (χ0n) is 17.5. The molecule has 33 heavy (non-hydrogen) atoms. The summed E-state index contributed by atoms with van der Waals surface area (Å²) in [5.74, 6) is -2.29. The molecule has 1 saturated heterocycles. The second-order valence-electron chi connectivity index (χ2n) is 7.58. The maximum atomic E-state index is 12.7. The Morgan fingerprint density at radius 3 is 2.24 bits per heavy atom. The predicted octanol–water partition coefficient (Wildman–Crippen LogP) is 0.792. The maximum Gasteiger partial charge on any atom is 0.238 e. The molecule has 6 N–H and O–H groups in total. The molecule has 1 aliphatic rings. The lowest BCUT2D eigenvalue weighted by atomic mass is 10.00. The first-order chi connectivity index (χ1) is 15.6. The van der Waals surface area contributed by atoms with Crippen molar-refractivity contribution in [2.45, 2.75) is 37.6 Å². The van der Waals surface area contributed by atoms with Crippen molar-refractivity contribution in [2.75, 3.05) is 7.11 Å². The summed E-state index contributed by atoms with van der Waals surface area (Å²) < 4.78 is 21.5. The number of rotatable bonds is 4. The number of phenols is 2. The second-order valence-corrected chi connectivity index (χ2v) is 7.58. The van der Waals surface area contributed by atoms with Crippen molar-refractivity contribution in [1.82, 2.24) is 0 Å². The molecule has 176 valence electrons. The number of ether oxygens (including phenoxy) is 3. The average Bonchev–Trinajstić information content (AvgIpc) is 2.80. The Kier molecular flexibility index (Phi) is 5.80. The van der Waals surface area contributed by atoms with E-state index in [0.29, 0.717) is 0 Å². The highest BCUT2D eigenvalue weighted by Gasteiger charge is 2.43. The Morgan fingerprint density at radius 1 is 0.939 bits per heavy atom. The SMILES string of the molecule is COc1c(O)c(O)cc2oc(-c3ccc(O[C@@H]4O[C@@H](C)[C@H](O)[C@@H](O)[C@@H]4O)cc3)c(O)c(=O)c12. The number of aliphatic hydroxyl groups excluding tert-OH is 3. The third-order valence-corrected chi connectivity index (χ3v) is 5.45. The monoisotopic (exact) mass is 462 g/mol. The van der Waals surface area contributed by atoms with Crippen LogP contribution in [-0.4, -0.2) is 68.5 Å². The fraction of sp³-hybridized carbons (Fsp3) is 0.318. The highest BCUT2D eigenvalue weighted by atomic mass is 16.7. The van der Waals surface area contributed by atoms with E-state index in [2.05, 4.69) is 0 Å². The molecule has 2 heterocycles. The van der Waals surface area contributed by atoms with Crippen LogP contribution in [0.15, 0.2) is 39.5 Å². The Hall–Kier alpha value is -3.51.